The predicted octanol–water partition coefficient (Wildman–Crippen LogP) is 2.27. The van der Waals surface area contributed by atoms with Crippen molar-refractivity contribution < 1.29 is 18.8 Å². The molecule has 154 valence electrons. The van der Waals surface area contributed by atoms with Crippen LogP contribution in [0.15, 0.2) is 30.3 Å². The van der Waals surface area contributed by atoms with Crippen molar-refractivity contribution in [3.8, 4) is 0 Å². The fourth-order valence-electron chi connectivity index (χ4n) is 3.78. The Hall–Kier alpha value is -1.41. The van der Waals surface area contributed by atoms with E-state index in [2.05, 4.69) is 29.6 Å². The largest absolute Gasteiger partial charge is 0.481 e. The Kier molecular flexibility index (Phi) is 6.20. The Bertz CT molecular complexity index is 666. The van der Waals surface area contributed by atoms with Gasteiger partial charge in [0.05, 0.1) is 23.8 Å². The number of rotatable bonds is 8. The van der Waals surface area contributed by atoms with Crippen molar-refractivity contribution in [3.63, 3.8) is 0 Å². The van der Waals surface area contributed by atoms with Gasteiger partial charge in [-0.3, -0.25) is 4.79 Å². The molecule has 0 unspecified atom stereocenters. The van der Waals surface area contributed by atoms with Gasteiger partial charge in [0.25, 0.3) is 0 Å². The summed E-state index contributed by atoms with van der Waals surface area (Å²) in [6, 6.07) is 9.80. The molecule has 3 N–H and O–H groups in total. The van der Waals surface area contributed by atoms with Gasteiger partial charge in [-0.05, 0) is 57.9 Å². The summed E-state index contributed by atoms with van der Waals surface area (Å²) in [6.07, 6.45) is 1.90. The maximum Gasteiger partial charge on any atom is 0.481 e. The van der Waals surface area contributed by atoms with E-state index in [1.807, 2.05) is 33.8 Å². The lowest BCUT2D eigenvalue weighted by Crippen LogP contribution is -2.54. The van der Waals surface area contributed by atoms with Gasteiger partial charge in [-0.15, -0.1) is 0 Å². The van der Waals surface area contributed by atoms with Crippen LogP contribution < -0.4 is 11.1 Å². The second-order valence-corrected chi connectivity index (χ2v) is 9.05. The summed E-state index contributed by atoms with van der Waals surface area (Å²) in [5.41, 5.74) is 6.38. The first-order chi connectivity index (χ1) is 13.1. The Morgan fingerprint density at radius 3 is 2.43 bits per heavy atom. The summed E-state index contributed by atoms with van der Waals surface area (Å²) in [5, 5.41) is 3.07. The van der Waals surface area contributed by atoms with Crippen LogP contribution in [0.1, 0.15) is 52.0 Å². The molecule has 1 amide bonds. The summed E-state index contributed by atoms with van der Waals surface area (Å²) >= 11 is 0. The van der Waals surface area contributed by atoms with Crippen molar-refractivity contribution in [1.29, 1.82) is 0 Å². The molecule has 28 heavy (non-hydrogen) atoms. The number of benzene rings is 1. The zero-order valence-corrected chi connectivity index (χ0v) is 17.6. The summed E-state index contributed by atoms with van der Waals surface area (Å²) in [7, 11) is 1.04. The molecule has 2 aliphatic rings. The van der Waals surface area contributed by atoms with Gasteiger partial charge < -0.3 is 25.1 Å². The molecule has 0 spiro atoms. The molecule has 1 aliphatic heterocycles. The molecule has 4 atom stereocenters. The first-order valence-electron chi connectivity index (χ1n) is 10.1. The zero-order valence-electron chi connectivity index (χ0n) is 17.6. The quantitative estimate of drug-likeness (QED) is 0.668. The molecule has 1 aromatic carbocycles. The van der Waals surface area contributed by atoms with Gasteiger partial charge in [-0.2, -0.15) is 0 Å². The van der Waals surface area contributed by atoms with Crippen LogP contribution in [0, 0.1) is 5.92 Å². The number of methoxy groups -OCH3 is 1. The van der Waals surface area contributed by atoms with E-state index in [4.69, 9.17) is 19.8 Å². The van der Waals surface area contributed by atoms with E-state index in [0.29, 0.717) is 11.8 Å². The maximum atomic E-state index is 12.5. The Morgan fingerprint density at radius 1 is 1.25 bits per heavy atom. The average Bonchev–Trinajstić information content (AvgIpc) is 3.35. The second kappa shape index (κ2) is 8.15. The van der Waals surface area contributed by atoms with Crippen LogP contribution in [0.25, 0.3) is 0 Å². The van der Waals surface area contributed by atoms with Gasteiger partial charge in [0.15, 0.2) is 0 Å². The Morgan fingerprint density at radius 2 is 1.86 bits per heavy atom. The molecule has 1 aromatic rings. The molecule has 6 nitrogen and oxygen atoms in total. The fourth-order valence-corrected chi connectivity index (χ4v) is 3.78. The molecule has 0 bridgehead atoms. The van der Waals surface area contributed by atoms with E-state index in [0.717, 1.165) is 12.8 Å². The first kappa shape index (κ1) is 21.3. The summed E-state index contributed by atoms with van der Waals surface area (Å²) in [5.74, 6) is 0.523. The van der Waals surface area contributed by atoms with Gasteiger partial charge in [0.1, 0.15) is 6.04 Å². The van der Waals surface area contributed by atoms with E-state index in [9.17, 15) is 4.79 Å². The van der Waals surface area contributed by atoms with E-state index in [1.165, 1.54) is 12.7 Å². The zero-order chi connectivity index (χ0) is 20.5. The monoisotopic (exact) mass is 388 g/mol. The van der Waals surface area contributed by atoms with E-state index in [-0.39, 0.29) is 18.5 Å². The molecule has 7 heteroatoms. The number of hydrogen-bond donors (Lipinski definition) is 2. The number of ether oxygens (including phenoxy) is 1. The van der Waals surface area contributed by atoms with Gasteiger partial charge >= 0.3 is 7.12 Å². The van der Waals surface area contributed by atoms with Crippen LogP contribution >= 0.6 is 0 Å². The topological polar surface area (TPSA) is 82.8 Å². The average molecular weight is 388 g/mol. The van der Waals surface area contributed by atoms with Crippen molar-refractivity contribution >= 4 is 13.0 Å². The SMILES string of the molecule is COC[C@@H](N)C(=O)N[C@@H](C[C@H]1C[C@@H]1c1ccccc1)B1OC(C)(C)C(C)(C)O1. The highest BCUT2D eigenvalue weighted by Crippen LogP contribution is 2.50. The van der Waals surface area contributed by atoms with Crippen molar-refractivity contribution in [2.45, 2.75) is 69.6 Å². The molecule has 1 saturated carbocycles. The van der Waals surface area contributed by atoms with E-state index >= 15 is 0 Å². The fraction of sp³-hybridized carbons (Fsp3) is 0.667. The third-order valence-electron chi connectivity index (χ3n) is 6.32. The van der Waals surface area contributed by atoms with Crippen molar-refractivity contribution in [1.82, 2.24) is 5.32 Å². The summed E-state index contributed by atoms with van der Waals surface area (Å²) in [4.78, 5) is 12.5. The molecule has 2 fully saturated rings. The highest BCUT2D eigenvalue weighted by molar-refractivity contribution is 6.48. The Labute approximate surface area is 168 Å². The summed E-state index contributed by atoms with van der Waals surface area (Å²) < 4.78 is 17.5. The molecule has 1 aliphatic carbocycles. The van der Waals surface area contributed by atoms with Crippen LogP contribution in [0.4, 0.5) is 0 Å². The smallest absolute Gasteiger partial charge is 0.402 e. The number of amides is 1. The number of nitrogens with two attached hydrogens (primary N) is 1. The Balaban J connectivity index is 1.70. The normalized spacial score (nSPS) is 27.3. The third kappa shape index (κ3) is 4.59. The van der Waals surface area contributed by atoms with Crippen LogP contribution in [0.2, 0.25) is 0 Å². The molecular formula is C21H33BN2O4. The maximum absolute atomic E-state index is 12.5. The van der Waals surface area contributed by atoms with Crippen LogP contribution in [0.5, 0.6) is 0 Å². The molecule has 0 radical (unpaired) electrons. The summed E-state index contributed by atoms with van der Waals surface area (Å²) in [6.45, 7) is 8.26. The van der Waals surface area contributed by atoms with Crippen LogP contribution in [0.3, 0.4) is 0 Å². The van der Waals surface area contributed by atoms with Gasteiger partial charge in [0, 0.05) is 7.11 Å². The van der Waals surface area contributed by atoms with Crippen molar-refractivity contribution in [3.05, 3.63) is 35.9 Å². The second-order valence-electron chi connectivity index (χ2n) is 9.05. The minimum atomic E-state index is -0.709. The number of carbonyl (C=O) groups excluding carboxylic acids is 1. The van der Waals surface area contributed by atoms with Gasteiger partial charge in [-0.1, -0.05) is 30.3 Å². The molecule has 1 saturated heterocycles. The van der Waals surface area contributed by atoms with Gasteiger partial charge in [-0.25, -0.2) is 0 Å². The lowest BCUT2D eigenvalue weighted by Gasteiger charge is -2.32. The predicted molar refractivity (Wildman–Crippen MR) is 110 cm³/mol. The number of carbonyl (C=O) groups is 1. The van der Waals surface area contributed by atoms with Crippen LogP contribution in [-0.4, -0.2) is 49.9 Å². The lowest BCUT2D eigenvalue weighted by atomic mass is 9.74. The van der Waals surface area contributed by atoms with Crippen molar-refractivity contribution in [2.24, 2.45) is 11.7 Å². The highest BCUT2D eigenvalue weighted by atomic mass is 16.7. The third-order valence-corrected chi connectivity index (χ3v) is 6.32. The lowest BCUT2D eigenvalue weighted by molar-refractivity contribution is -0.123. The molecular weight excluding hydrogens is 355 g/mol. The van der Waals surface area contributed by atoms with Gasteiger partial charge in [0.2, 0.25) is 5.91 Å². The highest BCUT2D eigenvalue weighted by Gasteiger charge is 2.55. The minimum Gasteiger partial charge on any atom is -0.402 e. The molecule has 0 aromatic heterocycles. The van der Waals surface area contributed by atoms with E-state index in [1.54, 1.807) is 0 Å². The van der Waals surface area contributed by atoms with Crippen molar-refractivity contribution in [2.75, 3.05) is 13.7 Å². The first-order valence-corrected chi connectivity index (χ1v) is 10.1. The van der Waals surface area contributed by atoms with Crippen LogP contribution in [-0.2, 0) is 18.8 Å². The number of hydrogen-bond acceptors (Lipinski definition) is 5. The molecule has 1 heterocycles. The molecule has 3 rings (SSSR count). The minimum absolute atomic E-state index is 0.179. The standard InChI is InChI=1S/C21H33BN2O4/c1-20(2)21(3,4)28-22(27-20)18(24-19(25)17(23)13-26-5)12-15-11-16(15)14-9-7-6-8-10-14/h6-10,15-18H,11-13,23H2,1-5H3,(H,24,25)/t15-,16-,17-,18+/m1/s1. The van der Waals surface area contributed by atoms with E-state index < -0.39 is 24.4 Å². The number of nitrogens with one attached hydrogen (secondary N) is 1.